The Morgan fingerprint density at radius 3 is 1.05 bits per heavy atom. The molecule has 0 spiro atoms. The minimum absolute atomic E-state index is 1.11. The normalized spacial score (nSPS) is 12.4. The number of aromatic nitrogens is 3. The monoisotopic (exact) mass is 1400 g/mol. The molecule has 13 aromatic carbocycles. The van der Waals surface area contributed by atoms with Gasteiger partial charge in [0.2, 0.25) is 0 Å². The van der Waals surface area contributed by atoms with E-state index in [2.05, 4.69) is 364 Å². The molecule has 11 heteroatoms. The zero-order valence-corrected chi connectivity index (χ0v) is 56.6. The molecule has 0 saturated carbocycles. The summed E-state index contributed by atoms with van der Waals surface area (Å²) in [5.41, 5.74) is 21.2. The van der Waals surface area contributed by atoms with Crippen molar-refractivity contribution in [2.75, 3.05) is 15.1 Å². The van der Waals surface area contributed by atoms with Crippen molar-refractivity contribution in [3.63, 3.8) is 0 Å². The van der Waals surface area contributed by atoms with Gasteiger partial charge in [-0.1, -0.05) is 207 Å². The Hall–Kier alpha value is -10.1. The van der Waals surface area contributed by atoms with E-state index in [1.54, 1.807) is 0 Å². The Bertz CT molecular complexity index is 5310. The number of anilines is 8. The highest BCUT2D eigenvalue weighted by atomic mass is 79.9. The van der Waals surface area contributed by atoms with Crippen LogP contribution in [0.25, 0.3) is 72.0 Å². The first-order valence-electron chi connectivity index (χ1n) is 31.4. The molecule has 0 radical (unpaired) electrons. The van der Waals surface area contributed by atoms with Gasteiger partial charge in [0.25, 0.3) is 0 Å². The van der Waals surface area contributed by atoms with E-state index in [9.17, 15) is 0 Å². The third kappa shape index (κ3) is 11.4. The van der Waals surface area contributed by atoms with E-state index in [-0.39, 0.29) is 0 Å². The van der Waals surface area contributed by atoms with Crippen LogP contribution in [0.3, 0.4) is 0 Å². The van der Waals surface area contributed by atoms with E-state index in [4.69, 9.17) is 0 Å². The van der Waals surface area contributed by atoms with Crippen molar-refractivity contribution in [1.82, 2.24) is 13.7 Å². The van der Waals surface area contributed by atoms with Gasteiger partial charge in [0.05, 0.1) is 50.7 Å². The van der Waals surface area contributed by atoms with Gasteiger partial charge in [-0.3, -0.25) is 0 Å². The molecule has 3 aromatic heterocycles. The maximum Gasteiger partial charge on any atom is 0.0622 e. The van der Waals surface area contributed by atoms with Gasteiger partial charge in [0.15, 0.2) is 0 Å². The zero-order valence-electron chi connectivity index (χ0n) is 51.0. The Kier molecular flexibility index (Phi) is 15.6. The molecule has 1 N–H and O–H groups in total. The van der Waals surface area contributed by atoms with E-state index < -0.39 is 0 Å². The van der Waals surface area contributed by atoms with Gasteiger partial charge in [0, 0.05) is 102 Å². The van der Waals surface area contributed by atoms with E-state index in [1.165, 1.54) is 124 Å². The quantitative estimate of drug-likeness (QED) is 0.171. The summed E-state index contributed by atoms with van der Waals surface area (Å²) >= 11 is 12.5. The lowest BCUT2D eigenvalue weighted by atomic mass is 10.0. The Morgan fingerprint density at radius 2 is 0.600 bits per heavy atom. The SMILES string of the molecule is Brc1cccc(-c2cccc(Br)c2)c1.c1ccc(-n2ccc3cc4c(cc32)N(c2cccc(-c3cccc(N5c6ccccc6Sc6cc7ccn(-c8ccccc8)c7cc65)c3)c2)c2ccccc2S4)cc1.c1ccc(-n2ccc3cc4c(cc32)Nc2ccccc2S4)cc1. The topological polar surface area (TPSA) is 33.3 Å². The van der Waals surface area contributed by atoms with Crippen LogP contribution in [-0.4, -0.2) is 13.7 Å². The van der Waals surface area contributed by atoms with Crippen LogP contribution >= 0.6 is 67.1 Å². The summed E-state index contributed by atoms with van der Waals surface area (Å²) in [6.07, 6.45) is 6.51. The van der Waals surface area contributed by atoms with Crippen LogP contribution in [0.1, 0.15) is 0 Å². The van der Waals surface area contributed by atoms with Gasteiger partial charge < -0.3 is 28.8 Å². The van der Waals surface area contributed by atoms with E-state index in [1.807, 2.05) is 65.6 Å². The van der Waals surface area contributed by atoms with Crippen molar-refractivity contribution in [3.8, 4) is 39.3 Å². The van der Waals surface area contributed by atoms with Crippen LogP contribution in [0.4, 0.5) is 45.5 Å². The first kappa shape index (κ1) is 58.7. The second kappa shape index (κ2) is 25.3. The number of hydrogen-bond acceptors (Lipinski definition) is 6. The summed E-state index contributed by atoms with van der Waals surface area (Å²) in [7, 11) is 0. The molecule has 3 aliphatic rings. The van der Waals surface area contributed by atoms with Crippen molar-refractivity contribution in [1.29, 1.82) is 0 Å². The van der Waals surface area contributed by atoms with E-state index >= 15 is 0 Å². The van der Waals surface area contributed by atoms with Crippen LogP contribution in [-0.2, 0) is 0 Å². The second-order valence-corrected chi connectivity index (χ2v) is 28.5. The molecule has 95 heavy (non-hydrogen) atoms. The Balaban J connectivity index is 0.000000150. The lowest BCUT2D eigenvalue weighted by Crippen LogP contribution is -2.15. The van der Waals surface area contributed by atoms with Gasteiger partial charge >= 0.3 is 0 Å². The van der Waals surface area contributed by atoms with Gasteiger partial charge in [-0.2, -0.15) is 0 Å². The maximum atomic E-state index is 3.57. The molecule has 6 nitrogen and oxygen atoms in total. The molecule has 0 aliphatic carbocycles. The molecule has 16 aromatic rings. The number of benzene rings is 13. The summed E-state index contributed by atoms with van der Waals surface area (Å²) in [4.78, 5) is 12.4. The van der Waals surface area contributed by atoms with Crippen molar-refractivity contribution in [2.45, 2.75) is 29.4 Å². The fraction of sp³-hybridized carbons (Fsp3) is 0. The molecule has 0 bridgehead atoms. The van der Waals surface area contributed by atoms with E-state index in [0.717, 1.165) is 31.7 Å². The molecule has 0 amide bonds. The lowest BCUT2D eigenvalue weighted by molar-refractivity contribution is 1.12. The minimum atomic E-state index is 1.11. The second-order valence-electron chi connectivity index (χ2n) is 23.4. The van der Waals surface area contributed by atoms with Gasteiger partial charge in [-0.05, 0) is 198 Å². The van der Waals surface area contributed by atoms with Crippen LogP contribution in [0.5, 0.6) is 0 Å². The number of fused-ring (bicyclic) bond motifs is 9. The molecule has 0 atom stereocenters. The fourth-order valence-corrected chi connectivity index (χ4v) is 17.0. The molecule has 454 valence electrons. The van der Waals surface area contributed by atoms with Crippen molar-refractivity contribution in [3.05, 3.63) is 343 Å². The van der Waals surface area contributed by atoms with Crippen LogP contribution < -0.4 is 15.1 Å². The molecule has 6 heterocycles. The summed E-state index contributed by atoms with van der Waals surface area (Å²) in [5.74, 6) is 0. The van der Waals surface area contributed by atoms with Crippen molar-refractivity contribution >= 4 is 145 Å². The molecule has 0 saturated heterocycles. The summed E-state index contributed by atoms with van der Waals surface area (Å²) in [5, 5.41) is 7.29. The molecule has 0 fully saturated rings. The molecule has 3 aliphatic heterocycles. The van der Waals surface area contributed by atoms with Crippen molar-refractivity contribution in [2.24, 2.45) is 0 Å². The highest BCUT2D eigenvalue weighted by Gasteiger charge is 2.29. The summed E-state index contributed by atoms with van der Waals surface area (Å²) in [6.45, 7) is 0. The van der Waals surface area contributed by atoms with Gasteiger partial charge in [-0.25, -0.2) is 0 Å². The van der Waals surface area contributed by atoms with Crippen LogP contribution in [0.15, 0.2) is 372 Å². The number of hydrogen-bond donors (Lipinski definition) is 1. The Labute approximate surface area is 581 Å². The first-order valence-corrected chi connectivity index (χ1v) is 35.4. The minimum Gasteiger partial charge on any atom is -0.354 e. The van der Waals surface area contributed by atoms with E-state index in [0.29, 0.717) is 0 Å². The predicted octanol–water partition coefficient (Wildman–Crippen LogP) is 25.8. The third-order valence-corrected chi connectivity index (χ3v) is 21.8. The number of nitrogens with zero attached hydrogens (tertiary/aromatic N) is 5. The first-order chi connectivity index (χ1) is 46.9. The highest BCUT2D eigenvalue weighted by Crippen LogP contribution is 2.55. The highest BCUT2D eigenvalue weighted by molar-refractivity contribution is 9.10. The summed E-state index contributed by atoms with van der Waals surface area (Å²) in [6, 6.07) is 113. The van der Waals surface area contributed by atoms with Crippen LogP contribution in [0, 0.1) is 0 Å². The van der Waals surface area contributed by atoms with Gasteiger partial charge in [0.1, 0.15) is 0 Å². The Morgan fingerprint density at radius 1 is 0.242 bits per heavy atom. The third-order valence-electron chi connectivity index (χ3n) is 17.5. The standard InChI is InChI=1S/C52H34N4S2.C20H14N2S.C12H8Br2/c1-3-15-39(16-4-1)53-27-25-37-31-51-47(33-45(37)53)55(43-21-7-9-23-49(43)57-51)41-19-11-13-35(29-41)36-14-12-20-42(30-36)56-44-22-8-10-24-50(44)58-52-32-38-26-28-54(46(38)34-48(52)56)40-17-5-2-6-18-40;1-2-6-15(7-3-1)22-11-10-14-12-20-17(13-18(14)22)21-16-8-4-5-9-19(16)23-20;13-11-5-1-3-9(7-11)10-4-2-6-12(14)8-10/h1-34H;1-13,21H;1-8H. The largest absolute Gasteiger partial charge is 0.354 e. The maximum absolute atomic E-state index is 3.57. The van der Waals surface area contributed by atoms with Gasteiger partial charge in [-0.15, -0.1) is 0 Å². The average molecular weight is 1410 g/mol. The lowest BCUT2D eigenvalue weighted by Gasteiger charge is -2.34. The number of halogens is 2. The number of para-hydroxylation sites is 6. The molecule has 0 unspecified atom stereocenters. The van der Waals surface area contributed by atoms with Crippen LogP contribution in [0.2, 0.25) is 0 Å². The molecular formula is C84H56Br2N6S3. The molecule has 19 rings (SSSR count). The number of rotatable bonds is 7. The smallest absolute Gasteiger partial charge is 0.0622 e. The number of nitrogens with one attached hydrogen (secondary N) is 1. The zero-order chi connectivity index (χ0) is 63.3. The molecular weight excluding hydrogens is 1350 g/mol. The summed E-state index contributed by atoms with van der Waals surface area (Å²) < 4.78 is 9.04. The predicted molar refractivity (Wildman–Crippen MR) is 408 cm³/mol. The average Bonchev–Trinajstić information content (AvgIpc) is 1.73. The van der Waals surface area contributed by atoms with Crippen molar-refractivity contribution < 1.29 is 0 Å². The fourth-order valence-electron chi connectivity index (χ4n) is 13.0.